The highest BCUT2D eigenvalue weighted by Crippen LogP contribution is 2.17. The van der Waals surface area contributed by atoms with Gasteiger partial charge in [0.05, 0.1) is 0 Å². The summed E-state index contributed by atoms with van der Waals surface area (Å²) >= 11 is 0. The summed E-state index contributed by atoms with van der Waals surface area (Å²) in [6.07, 6.45) is 6.76. The van der Waals surface area contributed by atoms with Gasteiger partial charge in [0.25, 0.3) is 0 Å². The predicted octanol–water partition coefficient (Wildman–Crippen LogP) is 4.64. The predicted molar refractivity (Wildman–Crippen MR) is 73.4 cm³/mol. The molecular formula is C16H20. The van der Waals surface area contributed by atoms with Crippen LogP contribution in [0.1, 0.15) is 25.0 Å². The molecule has 1 aromatic carbocycles. The van der Waals surface area contributed by atoms with Gasteiger partial charge in [-0.25, -0.2) is 0 Å². The Bertz CT molecular complexity index is 377. The smallest absolute Gasteiger partial charge is 0.0184 e. The monoisotopic (exact) mass is 212 g/mol. The van der Waals surface area contributed by atoms with E-state index in [1.54, 1.807) is 6.08 Å². The molecule has 0 heteroatoms. The lowest BCUT2D eigenvalue weighted by Gasteiger charge is -2.06. The summed E-state index contributed by atoms with van der Waals surface area (Å²) < 4.78 is 0. The molecule has 0 N–H and O–H groups in total. The minimum Gasteiger partial charge on any atom is -0.0990 e. The summed E-state index contributed by atoms with van der Waals surface area (Å²) in [5.74, 6) is 0.702. The van der Waals surface area contributed by atoms with Crippen LogP contribution in [-0.2, 0) is 6.42 Å². The van der Waals surface area contributed by atoms with E-state index in [4.69, 9.17) is 0 Å². The van der Waals surface area contributed by atoms with Crippen LogP contribution in [0.3, 0.4) is 0 Å². The van der Waals surface area contributed by atoms with E-state index in [2.05, 4.69) is 51.3 Å². The van der Waals surface area contributed by atoms with Crippen molar-refractivity contribution >= 4 is 5.57 Å². The zero-order valence-electron chi connectivity index (χ0n) is 10.2. The van der Waals surface area contributed by atoms with Gasteiger partial charge >= 0.3 is 0 Å². The van der Waals surface area contributed by atoms with E-state index in [0.717, 1.165) is 12.0 Å². The number of hydrogen-bond donors (Lipinski definition) is 0. The fourth-order valence-electron chi connectivity index (χ4n) is 1.71. The molecule has 84 valence electrons. The first kappa shape index (κ1) is 12.5. The molecule has 1 rings (SSSR count). The molecule has 0 fully saturated rings. The Hall–Kier alpha value is -1.56. The van der Waals surface area contributed by atoms with Gasteiger partial charge in [-0.3, -0.25) is 0 Å². The van der Waals surface area contributed by atoms with Crippen molar-refractivity contribution in [2.45, 2.75) is 20.3 Å². The van der Waals surface area contributed by atoms with Crippen molar-refractivity contribution in [3.8, 4) is 0 Å². The second-order valence-electron chi connectivity index (χ2n) is 4.36. The third kappa shape index (κ3) is 3.54. The third-order valence-electron chi connectivity index (χ3n) is 2.45. The van der Waals surface area contributed by atoms with Crippen molar-refractivity contribution in [3.63, 3.8) is 0 Å². The largest absolute Gasteiger partial charge is 0.0990 e. The van der Waals surface area contributed by atoms with Crippen LogP contribution in [0.5, 0.6) is 0 Å². The quantitative estimate of drug-likeness (QED) is 0.624. The Morgan fingerprint density at radius 2 is 1.81 bits per heavy atom. The van der Waals surface area contributed by atoms with Crippen LogP contribution in [0.25, 0.3) is 5.57 Å². The van der Waals surface area contributed by atoms with E-state index in [0.29, 0.717) is 5.92 Å². The fraction of sp³-hybridized carbons (Fsp3) is 0.250. The number of benzene rings is 1. The molecule has 0 atom stereocenters. The highest BCUT2D eigenvalue weighted by molar-refractivity contribution is 5.74. The van der Waals surface area contributed by atoms with E-state index in [-0.39, 0.29) is 0 Å². The lowest BCUT2D eigenvalue weighted by molar-refractivity contribution is 0.647. The lowest BCUT2D eigenvalue weighted by atomic mass is 9.99. The van der Waals surface area contributed by atoms with Crippen molar-refractivity contribution in [3.05, 3.63) is 66.8 Å². The van der Waals surface area contributed by atoms with Crippen LogP contribution in [0, 0.1) is 5.92 Å². The maximum atomic E-state index is 3.81. The van der Waals surface area contributed by atoms with Crippen LogP contribution >= 0.6 is 0 Å². The fourth-order valence-corrected chi connectivity index (χ4v) is 1.71. The summed E-state index contributed by atoms with van der Waals surface area (Å²) in [5.41, 5.74) is 3.70. The number of rotatable bonds is 5. The van der Waals surface area contributed by atoms with E-state index >= 15 is 0 Å². The van der Waals surface area contributed by atoms with E-state index < -0.39 is 0 Å². The van der Waals surface area contributed by atoms with Gasteiger partial charge in [-0.05, 0) is 29.0 Å². The molecule has 0 saturated carbocycles. The summed E-state index contributed by atoms with van der Waals surface area (Å²) in [6.45, 7) is 12.0. The van der Waals surface area contributed by atoms with Crippen molar-refractivity contribution in [1.29, 1.82) is 0 Å². The van der Waals surface area contributed by atoms with Crippen molar-refractivity contribution in [2.24, 2.45) is 5.92 Å². The Morgan fingerprint density at radius 1 is 1.19 bits per heavy atom. The van der Waals surface area contributed by atoms with Gasteiger partial charge in [0.1, 0.15) is 0 Å². The Kier molecular flexibility index (Phi) is 4.78. The molecule has 0 unspecified atom stereocenters. The lowest BCUT2D eigenvalue weighted by Crippen LogP contribution is -1.93. The van der Waals surface area contributed by atoms with Crippen molar-refractivity contribution in [2.75, 3.05) is 0 Å². The Morgan fingerprint density at radius 3 is 2.25 bits per heavy atom. The average molecular weight is 212 g/mol. The Balaban J connectivity index is 2.89. The standard InChI is InChI=1S/C16H20/c1-5-7-15(6-2)16-10-8-14(9-11-16)12-13(3)4/h5-11,13H,1-2,12H2,3-4H3/b15-7+. The van der Waals surface area contributed by atoms with E-state index in [1.165, 1.54) is 11.1 Å². The van der Waals surface area contributed by atoms with Gasteiger partial charge in [-0.2, -0.15) is 0 Å². The van der Waals surface area contributed by atoms with Crippen LogP contribution in [-0.4, -0.2) is 0 Å². The van der Waals surface area contributed by atoms with E-state index in [9.17, 15) is 0 Å². The van der Waals surface area contributed by atoms with Crippen LogP contribution in [0.15, 0.2) is 55.7 Å². The Labute approximate surface area is 99.0 Å². The van der Waals surface area contributed by atoms with Crippen LogP contribution in [0.2, 0.25) is 0 Å². The topological polar surface area (TPSA) is 0 Å². The maximum Gasteiger partial charge on any atom is -0.0184 e. The number of allylic oxidation sites excluding steroid dienone is 4. The molecule has 0 radical (unpaired) electrons. The molecule has 0 amide bonds. The van der Waals surface area contributed by atoms with Gasteiger partial charge in [-0.15, -0.1) is 0 Å². The van der Waals surface area contributed by atoms with Crippen LogP contribution < -0.4 is 0 Å². The molecule has 16 heavy (non-hydrogen) atoms. The molecule has 1 aromatic rings. The normalized spacial score (nSPS) is 11.6. The zero-order chi connectivity index (χ0) is 12.0. The van der Waals surface area contributed by atoms with Gasteiger partial charge < -0.3 is 0 Å². The minimum absolute atomic E-state index is 0.702. The molecular weight excluding hydrogens is 192 g/mol. The SMILES string of the molecule is C=C/C=C(\C=C)c1ccc(CC(C)C)cc1. The summed E-state index contributed by atoms with van der Waals surface area (Å²) in [6, 6.07) is 8.68. The third-order valence-corrected chi connectivity index (χ3v) is 2.45. The van der Waals surface area contributed by atoms with Gasteiger partial charge in [0.15, 0.2) is 0 Å². The van der Waals surface area contributed by atoms with E-state index in [1.807, 2.05) is 12.2 Å². The second-order valence-corrected chi connectivity index (χ2v) is 4.36. The van der Waals surface area contributed by atoms with Crippen molar-refractivity contribution in [1.82, 2.24) is 0 Å². The first-order valence-corrected chi connectivity index (χ1v) is 5.72. The summed E-state index contributed by atoms with van der Waals surface area (Å²) in [7, 11) is 0. The zero-order valence-corrected chi connectivity index (χ0v) is 10.2. The minimum atomic E-state index is 0.702. The first-order valence-electron chi connectivity index (χ1n) is 5.72. The van der Waals surface area contributed by atoms with Gasteiger partial charge in [-0.1, -0.05) is 69.5 Å². The average Bonchev–Trinajstić information content (AvgIpc) is 2.26. The van der Waals surface area contributed by atoms with Gasteiger partial charge in [0.2, 0.25) is 0 Å². The molecule has 0 heterocycles. The molecule has 0 aliphatic rings. The number of hydrogen-bond acceptors (Lipinski definition) is 0. The molecule has 0 bridgehead atoms. The molecule has 0 aliphatic heterocycles. The van der Waals surface area contributed by atoms with Gasteiger partial charge in [0, 0.05) is 0 Å². The molecule has 0 saturated heterocycles. The summed E-state index contributed by atoms with van der Waals surface area (Å²) in [5, 5.41) is 0. The molecule has 0 nitrogen and oxygen atoms in total. The highest BCUT2D eigenvalue weighted by atomic mass is 14.0. The highest BCUT2D eigenvalue weighted by Gasteiger charge is 1.99. The molecule has 0 aromatic heterocycles. The molecule has 0 aliphatic carbocycles. The van der Waals surface area contributed by atoms with Crippen LogP contribution in [0.4, 0.5) is 0 Å². The van der Waals surface area contributed by atoms with Crippen molar-refractivity contribution < 1.29 is 0 Å². The first-order chi connectivity index (χ1) is 7.67. The maximum absolute atomic E-state index is 3.81. The molecule has 0 spiro atoms. The summed E-state index contributed by atoms with van der Waals surface area (Å²) in [4.78, 5) is 0. The second kappa shape index (κ2) is 6.12.